The first-order valence-corrected chi connectivity index (χ1v) is 6.39. The van der Waals surface area contributed by atoms with Gasteiger partial charge in [-0.3, -0.25) is 9.59 Å². The first-order chi connectivity index (χ1) is 7.99. The van der Waals surface area contributed by atoms with Crippen molar-refractivity contribution in [3.63, 3.8) is 0 Å². The standard InChI is InChI=1S/C14H26O4/c1-8-17-12(16)14(6,7)9-10(2)11(15)18-13(3,4)5/h10H,8-9H2,1-7H3. The minimum atomic E-state index is -0.674. The van der Waals surface area contributed by atoms with Crippen LogP contribution in [0.1, 0.15) is 54.9 Å². The minimum Gasteiger partial charge on any atom is -0.466 e. The summed E-state index contributed by atoms with van der Waals surface area (Å²) in [5.74, 6) is -0.885. The Morgan fingerprint density at radius 1 is 1.11 bits per heavy atom. The van der Waals surface area contributed by atoms with Gasteiger partial charge < -0.3 is 9.47 Å². The Morgan fingerprint density at radius 3 is 2.00 bits per heavy atom. The number of hydrogen-bond donors (Lipinski definition) is 0. The lowest BCUT2D eigenvalue weighted by molar-refractivity contribution is -0.162. The molecule has 0 rings (SSSR count). The molecule has 0 heterocycles. The third-order valence-electron chi connectivity index (χ3n) is 2.45. The number of ether oxygens (including phenoxy) is 2. The van der Waals surface area contributed by atoms with E-state index >= 15 is 0 Å². The number of hydrogen-bond acceptors (Lipinski definition) is 4. The predicted octanol–water partition coefficient (Wildman–Crippen LogP) is 2.94. The number of carbonyl (C=O) groups excluding carboxylic acids is 2. The number of carbonyl (C=O) groups is 2. The van der Waals surface area contributed by atoms with Crippen LogP contribution in [-0.2, 0) is 19.1 Å². The fourth-order valence-corrected chi connectivity index (χ4v) is 1.66. The minimum absolute atomic E-state index is 0.277. The lowest BCUT2D eigenvalue weighted by atomic mass is 9.83. The molecule has 0 radical (unpaired) electrons. The van der Waals surface area contributed by atoms with Crippen LogP contribution in [0.3, 0.4) is 0 Å². The molecule has 0 aromatic carbocycles. The molecular weight excluding hydrogens is 232 g/mol. The van der Waals surface area contributed by atoms with Crippen molar-refractivity contribution in [3.8, 4) is 0 Å². The normalized spacial score (nSPS) is 13.9. The van der Waals surface area contributed by atoms with Crippen LogP contribution in [0.5, 0.6) is 0 Å². The van der Waals surface area contributed by atoms with Crippen LogP contribution in [0, 0.1) is 11.3 Å². The highest BCUT2D eigenvalue weighted by atomic mass is 16.6. The van der Waals surface area contributed by atoms with Crippen molar-refractivity contribution in [3.05, 3.63) is 0 Å². The van der Waals surface area contributed by atoms with Crippen molar-refractivity contribution in [1.29, 1.82) is 0 Å². The highest BCUT2D eigenvalue weighted by Gasteiger charge is 2.34. The van der Waals surface area contributed by atoms with Gasteiger partial charge in [0.25, 0.3) is 0 Å². The Labute approximate surface area is 110 Å². The van der Waals surface area contributed by atoms with Gasteiger partial charge in [-0.1, -0.05) is 6.92 Å². The summed E-state index contributed by atoms with van der Waals surface area (Å²) in [6, 6.07) is 0. The maximum Gasteiger partial charge on any atom is 0.311 e. The van der Waals surface area contributed by atoms with Gasteiger partial charge in [-0.15, -0.1) is 0 Å². The molecule has 0 spiro atoms. The molecule has 0 aromatic heterocycles. The molecular formula is C14H26O4. The van der Waals surface area contributed by atoms with Crippen molar-refractivity contribution in [2.24, 2.45) is 11.3 Å². The zero-order valence-electron chi connectivity index (χ0n) is 12.6. The zero-order chi connectivity index (χ0) is 14.6. The van der Waals surface area contributed by atoms with Gasteiger partial charge in [-0.2, -0.15) is 0 Å². The number of rotatable bonds is 5. The van der Waals surface area contributed by atoms with Crippen LogP contribution in [0.25, 0.3) is 0 Å². The van der Waals surface area contributed by atoms with E-state index in [9.17, 15) is 9.59 Å². The largest absolute Gasteiger partial charge is 0.466 e. The second kappa shape index (κ2) is 6.21. The Hall–Kier alpha value is -1.06. The molecule has 0 amide bonds. The molecule has 4 heteroatoms. The highest BCUT2D eigenvalue weighted by molar-refractivity contribution is 5.78. The fourth-order valence-electron chi connectivity index (χ4n) is 1.66. The molecule has 0 fully saturated rings. The number of esters is 2. The van der Waals surface area contributed by atoms with Crippen molar-refractivity contribution in [2.45, 2.75) is 60.5 Å². The van der Waals surface area contributed by atoms with E-state index in [0.717, 1.165) is 0 Å². The molecule has 0 aliphatic carbocycles. The first-order valence-electron chi connectivity index (χ1n) is 6.39. The maximum absolute atomic E-state index is 11.8. The average Bonchev–Trinajstić information content (AvgIpc) is 2.14. The SMILES string of the molecule is CCOC(=O)C(C)(C)CC(C)C(=O)OC(C)(C)C. The first kappa shape index (κ1) is 16.9. The van der Waals surface area contributed by atoms with E-state index in [1.165, 1.54) is 0 Å². The third kappa shape index (κ3) is 6.03. The van der Waals surface area contributed by atoms with E-state index < -0.39 is 11.0 Å². The Morgan fingerprint density at radius 2 is 1.61 bits per heavy atom. The molecule has 0 aliphatic heterocycles. The summed E-state index contributed by atoms with van der Waals surface area (Å²) in [6.07, 6.45) is 0.417. The lowest BCUT2D eigenvalue weighted by Crippen LogP contribution is -2.33. The molecule has 0 bridgehead atoms. The summed E-state index contributed by atoms with van der Waals surface area (Å²) in [5, 5.41) is 0. The maximum atomic E-state index is 11.8. The molecule has 0 aliphatic rings. The van der Waals surface area contributed by atoms with E-state index in [-0.39, 0.29) is 17.9 Å². The Kier molecular flexibility index (Phi) is 5.84. The monoisotopic (exact) mass is 258 g/mol. The van der Waals surface area contributed by atoms with Gasteiger partial charge in [0.2, 0.25) is 0 Å². The van der Waals surface area contributed by atoms with Gasteiger partial charge in [-0.25, -0.2) is 0 Å². The van der Waals surface area contributed by atoms with Gasteiger partial charge >= 0.3 is 11.9 Å². The summed E-state index contributed by atoms with van der Waals surface area (Å²) < 4.78 is 10.3. The van der Waals surface area contributed by atoms with E-state index in [1.807, 2.05) is 20.8 Å². The van der Waals surface area contributed by atoms with Gasteiger partial charge in [0.1, 0.15) is 5.60 Å². The predicted molar refractivity (Wildman–Crippen MR) is 70.0 cm³/mol. The lowest BCUT2D eigenvalue weighted by Gasteiger charge is -2.27. The van der Waals surface area contributed by atoms with Gasteiger partial charge in [0.15, 0.2) is 0 Å². The zero-order valence-corrected chi connectivity index (χ0v) is 12.6. The molecule has 0 saturated heterocycles. The van der Waals surface area contributed by atoms with E-state index in [1.54, 1.807) is 27.7 Å². The Bertz CT molecular complexity index is 299. The van der Waals surface area contributed by atoms with E-state index in [4.69, 9.17) is 9.47 Å². The van der Waals surface area contributed by atoms with Crippen molar-refractivity contribution < 1.29 is 19.1 Å². The van der Waals surface area contributed by atoms with Crippen LogP contribution < -0.4 is 0 Å². The van der Waals surface area contributed by atoms with Gasteiger partial charge in [0.05, 0.1) is 17.9 Å². The second-order valence-corrected chi connectivity index (χ2v) is 6.24. The molecule has 1 unspecified atom stereocenters. The van der Waals surface area contributed by atoms with Crippen molar-refractivity contribution in [1.82, 2.24) is 0 Å². The molecule has 106 valence electrons. The summed E-state index contributed by atoms with van der Waals surface area (Å²) in [6.45, 7) is 12.9. The third-order valence-corrected chi connectivity index (χ3v) is 2.45. The molecule has 0 N–H and O–H groups in total. The van der Waals surface area contributed by atoms with Crippen LogP contribution in [-0.4, -0.2) is 24.1 Å². The van der Waals surface area contributed by atoms with Crippen LogP contribution in [0.4, 0.5) is 0 Å². The molecule has 4 nitrogen and oxygen atoms in total. The molecule has 0 aromatic rings. The molecule has 18 heavy (non-hydrogen) atoms. The quantitative estimate of drug-likeness (QED) is 0.711. The van der Waals surface area contributed by atoms with E-state index in [2.05, 4.69) is 0 Å². The highest BCUT2D eigenvalue weighted by Crippen LogP contribution is 2.28. The Balaban J connectivity index is 4.50. The van der Waals surface area contributed by atoms with Crippen LogP contribution in [0.2, 0.25) is 0 Å². The van der Waals surface area contributed by atoms with Crippen LogP contribution >= 0.6 is 0 Å². The summed E-state index contributed by atoms with van der Waals surface area (Å²) in [4.78, 5) is 23.6. The summed E-state index contributed by atoms with van der Waals surface area (Å²) >= 11 is 0. The second-order valence-electron chi connectivity index (χ2n) is 6.24. The summed E-state index contributed by atoms with van der Waals surface area (Å²) in [5.41, 5.74) is -1.17. The van der Waals surface area contributed by atoms with Crippen molar-refractivity contribution >= 4 is 11.9 Å². The molecule has 1 atom stereocenters. The van der Waals surface area contributed by atoms with Crippen molar-refractivity contribution in [2.75, 3.05) is 6.61 Å². The smallest absolute Gasteiger partial charge is 0.311 e. The topological polar surface area (TPSA) is 52.6 Å². The summed E-state index contributed by atoms with van der Waals surface area (Å²) in [7, 11) is 0. The van der Waals surface area contributed by atoms with E-state index in [0.29, 0.717) is 13.0 Å². The average molecular weight is 258 g/mol. The molecule has 0 saturated carbocycles. The van der Waals surface area contributed by atoms with Gasteiger partial charge in [-0.05, 0) is 48.0 Å². The van der Waals surface area contributed by atoms with Crippen LogP contribution in [0.15, 0.2) is 0 Å². The van der Waals surface area contributed by atoms with Gasteiger partial charge in [0, 0.05) is 0 Å². The fraction of sp³-hybridized carbons (Fsp3) is 0.857.